The summed E-state index contributed by atoms with van der Waals surface area (Å²) in [6, 6.07) is 15.3. The first-order valence-corrected chi connectivity index (χ1v) is 9.93. The van der Waals surface area contributed by atoms with Crippen LogP contribution in [0.25, 0.3) is 5.69 Å². The molecule has 2 aromatic carbocycles. The molecule has 26 heavy (non-hydrogen) atoms. The first-order chi connectivity index (χ1) is 12.6. The van der Waals surface area contributed by atoms with Crippen LogP contribution in [-0.2, 0) is 9.53 Å². The first kappa shape index (κ1) is 18.8. The van der Waals surface area contributed by atoms with Gasteiger partial charge in [0, 0.05) is 0 Å². The fourth-order valence-electron chi connectivity index (χ4n) is 2.25. The molecule has 0 unspecified atom stereocenters. The molecule has 0 aliphatic rings. The van der Waals surface area contributed by atoms with Gasteiger partial charge in [-0.1, -0.05) is 53.4 Å². The number of halogens is 1. The Morgan fingerprint density at radius 2 is 1.96 bits per heavy atom. The molecule has 4 nitrogen and oxygen atoms in total. The molecule has 0 bridgehead atoms. The topological polar surface area (TPSA) is 44.1 Å². The summed E-state index contributed by atoms with van der Waals surface area (Å²) in [5.74, 6) is -0.644. The monoisotopic (exact) mass is 406 g/mol. The van der Waals surface area contributed by atoms with Crippen LogP contribution in [0.5, 0.6) is 0 Å². The lowest BCUT2D eigenvalue weighted by molar-refractivity contribution is -0.142. The fraction of sp³-hybridized carbons (Fsp3) is 0.167. The summed E-state index contributed by atoms with van der Waals surface area (Å²) in [6.07, 6.45) is 0. The van der Waals surface area contributed by atoms with Crippen LogP contribution in [0.4, 0.5) is 4.39 Å². The Bertz CT molecular complexity index is 939. The van der Waals surface area contributed by atoms with E-state index in [4.69, 9.17) is 17.0 Å². The Balaban J connectivity index is 1.90. The zero-order chi connectivity index (χ0) is 18.5. The lowest BCUT2D eigenvalue weighted by atomic mass is 10.1. The molecule has 0 saturated carbocycles. The second-order valence-electron chi connectivity index (χ2n) is 5.18. The number of thioether (sulfide) groups is 1. The third-order valence-corrected chi connectivity index (χ3v) is 5.97. The predicted molar refractivity (Wildman–Crippen MR) is 104 cm³/mol. The van der Waals surface area contributed by atoms with Gasteiger partial charge in [-0.2, -0.15) is 0 Å². The normalized spacial score (nSPS) is 11.9. The molecule has 1 heterocycles. The predicted octanol–water partition coefficient (Wildman–Crippen LogP) is 5.20. The van der Waals surface area contributed by atoms with E-state index < -0.39 is 5.25 Å². The van der Waals surface area contributed by atoms with Gasteiger partial charge in [-0.05, 0) is 49.0 Å². The molecule has 0 radical (unpaired) electrons. The maximum absolute atomic E-state index is 13.1. The van der Waals surface area contributed by atoms with E-state index >= 15 is 0 Å². The van der Waals surface area contributed by atoms with Gasteiger partial charge < -0.3 is 4.74 Å². The lowest BCUT2D eigenvalue weighted by Gasteiger charge is -2.13. The summed E-state index contributed by atoms with van der Waals surface area (Å²) in [5.41, 5.74) is 1.51. The Kier molecular flexibility index (Phi) is 6.18. The van der Waals surface area contributed by atoms with Crippen LogP contribution < -0.4 is 0 Å². The highest BCUT2D eigenvalue weighted by Crippen LogP contribution is 2.38. The number of nitrogens with zero attached hydrogens (tertiary/aromatic N) is 2. The van der Waals surface area contributed by atoms with Crippen LogP contribution in [0.2, 0.25) is 0 Å². The highest BCUT2D eigenvalue weighted by molar-refractivity contribution is 8.02. The highest BCUT2D eigenvalue weighted by atomic mass is 32.2. The van der Waals surface area contributed by atoms with Crippen molar-refractivity contribution < 1.29 is 13.9 Å². The average molecular weight is 407 g/mol. The average Bonchev–Trinajstić information content (AvgIpc) is 3.01. The van der Waals surface area contributed by atoms with Crippen molar-refractivity contribution in [2.45, 2.75) is 16.5 Å². The minimum Gasteiger partial charge on any atom is -0.465 e. The number of hydrogen-bond acceptors (Lipinski definition) is 6. The van der Waals surface area contributed by atoms with Crippen LogP contribution >= 0.6 is 35.3 Å². The van der Waals surface area contributed by atoms with E-state index in [9.17, 15) is 9.18 Å². The summed E-state index contributed by atoms with van der Waals surface area (Å²) in [4.78, 5) is 12.4. The van der Waals surface area contributed by atoms with Crippen molar-refractivity contribution in [2.75, 3.05) is 6.61 Å². The van der Waals surface area contributed by atoms with Crippen LogP contribution in [-0.4, -0.2) is 22.4 Å². The van der Waals surface area contributed by atoms with Crippen LogP contribution in [0, 0.1) is 9.77 Å². The van der Waals surface area contributed by atoms with Gasteiger partial charge in [-0.25, -0.2) is 9.07 Å². The van der Waals surface area contributed by atoms with Crippen molar-refractivity contribution in [3.8, 4) is 5.69 Å². The Hall–Kier alpha value is -2.03. The standard InChI is InChI=1S/C18H15FN2O2S3/c1-2-23-16(22)15(12-6-4-3-5-7-12)25-17-20-21(18(24)26-17)14-10-8-13(19)9-11-14/h3-11,15H,2H2,1H3/t15-/m0/s1. The molecule has 1 aromatic heterocycles. The van der Waals surface area contributed by atoms with E-state index in [0.29, 0.717) is 20.6 Å². The molecule has 0 spiro atoms. The molecule has 134 valence electrons. The van der Waals surface area contributed by atoms with Crippen molar-refractivity contribution in [1.29, 1.82) is 0 Å². The second-order valence-corrected chi connectivity index (χ2v) is 8.16. The van der Waals surface area contributed by atoms with Crippen molar-refractivity contribution >= 4 is 41.3 Å². The third kappa shape index (κ3) is 4.38. The maximum atomic E-state index is 13.1. The number of hydrogen-bond donors (Lipinski definition) is 0. The van der Waals surface area contributed by atoms with Crippen molar-refractivity contribution in [3.05, 3.63) is 69.9 Å². The number of ether oxygens (including phenoxy) is 1. The molecule has 3 aromatic rings. The van der Waals surface area contributed by atoms with E-state index in [-0.39, 0.29) is 11.8 Å². The number of esters is 1. The Morgan fingerprint density at radius 1 is 1.27 bits per heavy atom. The van der Waals surface area contributed by atoms with Gasteiger partial charge >= 0.3 is 5.97 Å². The molecule has 0 fully saturated rings. The SMILES string of the molecule is CCOC(=O)[C@@H](Sc1nn(-c2ccc(F)cc2)c(=S)s1)c1ccccc1. The third-order valence-electron chi connectivity index (χ3n) is 3.42. The van der Waals surface area contributed by atoms with Crippen LogP contribution in [0.3, 0.4) is 0 Å². The van der Waals surface area contributed by atoms with Crippen molar-refractivity contribution in [2.24, 2.45) is 0 Å². The molecule has 0 N–H and O–H groups in total. The summed E-state index contributed by atoms with van der Waals surface area (Å²) in [7, 11) is 0. The molecule has 0 aliphatic carbocycles. The van der Waals surface area contributed by atoms with Gasteiger partial charge in [0.2, 0.25) is 0 Å². The first-order valence-electron chi connectivity index (χ1n) is 7.83. The number of aromatic nitrogens is 2. The minimum absolute atomic E-state index is 0.308. The largest absolute Gasteiger partial charge is 0.465 e. The van der Waals surface area contributed by atoms with Gasteiger partial charge in [0.1, 0.15) is 11.1 Å². The van der Waals surface area contributed by atoms with Gasteiger partial charge in [0.15, 0.2) is 8.29 Å². The number of carbonyl (C=O) groups excluding carboxylic acids is 1. The molecule has 1 atom stereocenters. The van der Waals surface area contributed by atoms with E-state index in [1.807, 2.05) is 30.3 Å². The van der Waals surface area contributed by atoms with Crippen LogP contribution in [0.1, 0.15) is 17.7 Å². The number of rotatable bonds is 6. The van der Waals surface area contributed by atoms with Crippen molar-refractivity contribution in [1.82, 2.24) is 9.78 Å². The van der Waals surface area contributed by atoms with E-state index in [1.54, 1.807) is 23.7 Å². The summed E-state index contributed by atoms with van der Waals surface area (Å²) >= 11 is 7.96. The molecular weight excluding hydrogens is 391 g/mol. The van der Waals surface area contributed by atoms with Gasteiger partial charge in [0.05, 0.1) is 12.3 Å². The smallest absolute Gasteiger partial charge is 0.324 e. The maximum Gasteiger partial charge on any atom is 0.324 e. The minimum atomic E-state index is -0.529. The van der Waals surface area contributed by atoms with Gasteiger partial charge in [-0.3, -0.25) is 4.79 Å². The summed E-state index contributed by atoms with van der Waals surface area (Å²) in [5, 5.41) is 3.95. The molecule has 3 rings (SSSR count). The second kappa shape index (κ2) is 8.57. The number of carbonyl (C=O) groups is 1. The van der Waals surface area contributed by atoms with E-state index in [2.05, 4.69) is 5.10 Å². The molecule has 0 aliphatic heterocycles. The highest BCUT2D eigenvalue weighted by Gasteiger charge is 2.25. The Labute approximate surface area is 163 Å². The molecular formula is C18H15FN2O2S3. The van der Waals surface area contributed by atoms with E-state index in [0.717, 1.165) is 5.56 Å². The van der Waals surface area contributed by atoms with E-state index in [1.165, 1.54) is 35.2 Å². The van der Waals surface area contributed by atoms with Crippen LogP contribution in [0.15, 0.2) is 58.9 Å². The molecule has 0 amide bonds. The summed E-state index contributed by atoms with van der Waals surface area (Å²) in [6.45, 7) is 2.08. The van der Waals surface area contributed by atoms with Crippen molar-refractivity contribution in [3.63, 3.8) is 0 Å². The van der Waals surface area contributed by atoms with Gasteiger partial charge in [0.25, 0.3) is 0 Å². The molecule has 8 heteroatoms. The number of benzene rings is 2. The summed E-state index contributed by atoms with van der Waals surface area (Å²) < 4.78 is 21.1. The zero-order valence-electron chi connectivity index (χ0n) is 13.8. The lowest BCUT2D eigenvalue weighted by Crippen LogP contribution is -2.13. The van der Waals surface area contributed by atoms with Gasteiger partial charge in [-0.15, -0.1) is 5.10 Å². The fourth-order valence-corrected chi connectivity index (χ4v) is 4.80. The quantitative estimate of drug-likeness (QED) is 0.320. The molecule has 0 saturated heterocycles. The zero-order valence-corrected chi connectivity index (χ0v) is 16.2. The Morgan fingerprint density at radius 3 is 2.62 bits per heavy atom.